The molecule has 1 N–H and O–H groups in total. The highest BCUT2D eigenvalue weighted by Crippen LogP contribution is 2.33. The zero-order chi connectivity index (χ0) is 14.2. The predicted molar refractivity (Wildman–Crippen MR) is 75.8 cm³/mol. The Morgan fingerprint density at radius 1 is 1.47 bits per heavy atom. The topological polar surface area (TPSA) is 51.5 Å². The van der Waals surface area contributed by atoms with Crippen LogP contribution in [0.5, 0.6) is 5.75 Å². The van der Waals surface area contributed by atoms with Crippen molar-refractivity contribution in [1.82, 2.24) is 4.57 Å². The van der Waals surface area contributed by atoms with Gasteiger partial charge in [-0.2, -0.15) is 0 Å². The van der Waals surface area contributed by atoms with Crippen molar-refractivity contribution in [3.05, 3.63) is 34.5 Å². The van der Waals surface area contributed by atoms with Crippen LogP contribution in [0.2, 0.25) is 5.15 Å². The fourth-order valence-electron chi connectivity index (χ4n) is 1.96. The Labute approximate surface area is 115 Å². The van der Waals surface area contributed by atoms with Gasteiger partial charge in [0.1, 0.15) is 10.9 Å². The minimum Gasteiger partial charge on any atom is -0.497 e. The molecule has 0 saturated carbocycles. The average Bonchev–Trinajstić information content (AvgIpc) is 2.63. The summed E-state index contributed by atoms with van der Waals surface area (Å²) >= 11 is 6.27. The van der Waals surface area contributed by atoms with Crippen LogP contribution < -0.4 is 4.74 Å². The molecule has 0 atom stereocenters. The number of carbonyl (C=O) groups is 1. The molecule has 100 valence electrons. The number of rotatable bonds is 3. The van der Waals surface area contributed by atoms with Crippen molar-refractivity contribution in [2.75, 3.05) is 7.11 Å². The van der Waals surface area contributed by atoms with Crippen molar-refractivity contribution in [3.63, 3.8) is 0 Å². The summed E-state index contributed by atoms with van der Waals surface area (Å²) in [7, 11) is 3.42. The highest BCUT2D eigenvalue weighted by Gasteiger charge is 2.14. The number of hydrogen-bond acceptors (Lipinski definition) is 2. The Morgan fingerprint density at radius 3 is 2.74 bits per heavy atom. The van der Waals surface area contributed by atoms with Crippen molar-refractivity contribution in [2.45, 2.75) is 6.92 Å². The largest absolute Gasteiger partial charge is 0.497 e. The van der Waals surface area contributed by atoms with Gasteiger partial charge in [-0.15, -0.1) is 0 Å². The van der Waals surface area contributed by atoms with Crippen molar-refractivity contribution < 1.29 is 14.6 Å². The minimum atomic E-state index is -0.962. The first-order valence-corrected chi connectivity index (χ1v) is 6.07. The fraction of sp³-hybridized carbons (Fsp3) is 0.214. The van der Waals surface area contributed by atoms with Gasteiger partial charge in [-0.05, 0) is 31.2 Å². The van der Waals surface area contributed by atoms with Crippen LogP contribution in [0.1, 0.15) is 12.5 Å². The van der Waals surface area contributed by atoms with E-state index in [0.717, 1.165) is 10.9 Å². The van der Waals surface area contributed by atoms with E-state index in [-0.39, 0.29) is 5.57 Å². The highest BCUT2D eigenvalue weighted by atomic mass is 35.5. The standard InChI is InChI=1S/C14H14ClNO3/c1-8(14(17)18)6-11-10-7-9(19-3)4-5-12(10)16(2)13(11)15/h4-7H,1-3H3,(H,17,18)/b8-6+. The maximum atomic E-state index is 10.9. The first-order valence-electron chi connectivity index (χ1n) is 5.69. The first kappa shape index (κ1) is 13.5. The number of nitrogens with zero attached hydrogens (tertiary/aromatic N) is 1. The van der Waals surface area contributed by atoms with Gasteiger partial charge in [-0.1, -0.05) is 11.6 Å². The van der Waals surface area contributed by atoms with Crippen LogP contribution in [0.15, 0.2) is 23.8 Å². The lowest BCUT2D eigenvalue weighted by molar-refractivity contribution is -0.132. The molecule has 1 aromatic carbocycles. The zero-order valence-corrected chi connectivity index (χ0v) is 11.7. The number of fused-ring (bicyclic) bond motifs is 1. The maximum absolute atomic E-state index is 10.9. The number of carboxylic acid groups (broad SMARTS) is 1. The van der Waals surface area contributed by atoms with Crippen molar-refractivity contribution >= 4 is 34.5 Å². The van der Waals surface area contributed by atoms with E-state index in [4.69, 9.17) is 21.4 Å². The van der Waals surface area contributed by atoms with E-state index in [2.05, 4.69) is 0 Å². The lowest BCUT2D eigenvalue weighted by Crippen LogP contribution is -1.95. The van der Waals surface area contributed by atoms with Crippen LogP contribution in [-0.2, 0) is 11.8 Å². The highest BCUT2D eigenvalue weighted by molar-refractivity contribution is 6.33. The number of methoxy groups -OCH3 is 1. The Bertz CT molecular complexity index is 686. The zero-order valence-electron chi connectivity index (χ0n) is 10.9. The molecule has 1 aromatic heterocycles. The second-order valence-electron chi connectivity index (χ2n) is 4.28. The third-order valence-electron chi connectivity index (χ3n) is 3.07. The molecule has 2 aromatic rings. The number of aromatic nitrogens is 1. The fourth-order valence-corrected chi connectivity index (χ4v) is 2.21. The summed E-state index contributed by atoms with van der Waals surface area (Å²) in [5.74, 6) is -0.256. The SMILES string of the molecule is COc1ccc2c(c1)c(/C=C(\C)C(=O)O)c(Cl)n2C. The summed E-state index contributed by atoms with van der Waals surface area (Å²) in [6.07, 6.45) is 1.58. The second-order valence-corrected chi connectivity index (χ2v) is 4.64. The van der Waals surface area contributed by atoms with E-state index in [0.29, 0.717) is 16.5 Å². The predicted octanol–water partition coefficient (Wildman–Crippen LogP) is 3.33. The summed E-state index contributed by atoms with van der Waals surface area (Å²) in [6, 6.07) is 5.59. The molecule has 0 spiro atoms. The summed E-state index contributed by atoms with van der Waals surface area (Å²) in [4.78, 5) is 10.9. The summed E-state index contributed by atoms with van der Waals surface area (Å²) < 4.78 is 7.01. The van der Waals surface area contributed by atoms with Gasteiger partial charge in [0.25, 0.3) is 0 Å². The van der Waals surface area contributed by atoms with E-state index in [9.17, 15) is 4.79 Å². The third-order valence-corrected chi connectivity index (χ3v) is 3.53. The molecule has 0 aliphatic rings. The van der Waals surface area contributed by atoms with Gasteiger partial charge in [-0.3, -0.25) is 0 Å². The van der Waals surface area contributed by atoms with Crippen molar-refractivity contribution in [1.29, 1.82) is 0 Å². The van der Waals surface area contributed by atoms with Crippen LogP contribution >= 0.6 is 11.6 Å². The van der Waals surface area contributed by atoms with Crippen molar-refractivity contribution in [3.8, 4) is 5.75 Å². The van der Waals surface area contributed by atoms with Gasteiger partial charge >= 0.3 is 5.97 Å². The number of aliphatic carboxylic acids is 1. The monoisotopic (exact) mass is 279 g/mol. The quantitative estimate of drug-likeness (QED) is 0.877. The number of aryl methyl sites for hydroxylation is 1. The van der Waals surface area contributed by atoms with Gasteiger partial charge in [0.15, 0.2) is 0 Å². The third kappa shape index (κ3) is 2.31. The van der Waals surface area contributed by atoms with E-state index in [1.165, 1.54) is 6.92 Å². The molecule has 0 saturated heterocycles. The van der Waals surface area contributed by atoms with Gasteiger partial charge in [0.2, 0.25) is 0 Å². The molecule has 19 heavy (non-hydrogen) atoms. The molecule has 0 aliphatic heterocycles. The number of ether oxygens (including phenoxy) is 1. The molecule has 0 unspecified atom stereocenters. The van der Waals surface area contributed by atoms with Crippen LogP contribution in [0.25, 0.3) is 17.0 Å². The van der Waals surface area contributed by atoms with Crippen LogP contribution in [0.4, 0.5) is 0 Å². The van der Waals surface area contributed by atoms with Crippen LogP contribution in [0.3, 0.4) is 0 Å². The van der Waals surface area contributed by atoms with Gasteiger partial charge in [0, 0.05) is 29.1 Å². The van der Waals surface area contributed by atoms with E-state index < -0.39 is 5.97 Å². The van der Waals surface area contributed by atoms with Gasteiger partial charge in [-0.25, -0.2) is 4.79 Å². The molecule has 0 fully saturated rings. The number of benzene rings is 1. The van der Waals surface area contributed by atoms with Crippen LogP contribution in [-0.4, -0.2) is 22.8 Å². The van der Waals surface area contributed by atoms with Crippen molar-refractivity contribution in [2.24, 2.45) is 7.05 Å². The molecule has 2 rings (SSSR count). The molecule has 1 heterocycles. The van der Waals surface area contributed by atoms with Gasteiger partial charge < -0.3 is 14.4 Å². The Hall–Kier alpha value is -1.94. The first-order chi connectivity index (χ1) is 8.95. The summed E-state index contributed by atoms with van der Waals surface area (Å²) in [5.41, 5.74) is 1.85. The van der Waals surface area contributed by atoms with Crippen LogP contribution in [0, 0.1) is 0 Å². The molecular weight excluding hydrogens is 266 g/mol. The molecule has 0 bridgehead atoms. The molecule has 5 heteroatoms. The Morgan fingerprint density at radius 2 is 2.16 bits per heavy atom. The smallest absolute Gasteiger partial charge is 0.331 e. The lowest BCUT2D eigenvalue weighted by atomic mass is 10.1. The summed E-state index contributed by atoms with van der Waals surface area (Å²) in [5, 5.41) is 10.3. The number of carboxylic acids is 1. The lowest BCUT2D eigenvalue weighted by Gasteiger charge is -2.00. The number of halogens is 1. The van der Waals surface area contributed by atoms with Gasteiger partial charge in [0.05, 0.1) is 7.11 Å². The Balaban J connectivity index is 2.75. The second kappa shape index (κ2) is 4.97. The molecular formula is C14H14ClNO3. The maximum Gasteiger partial charge on any atom is 0.331 e. The minimum absolute atomic E-state index is 0.234. The molecule has 0 radical (unpaired) electrons. The van der Waals surface area contributed by atoms with E-state index in [1.54, 1.807) is 13.2 Å². The van der Waals surface area contributed by atoms with E-state index in [1.807, 2.05) is 29.8 Å². The molecule has 0 amide bonds. The average molecular weight is 280 g/mol. The molecule has 4 nitrogen and oxygen atoms in total. The summed E-state index contributed by atoms with van der Waals surface area (Å²) in [6.45, 7) is 1.54. The Kier molecular flexibility index (Phi) is 3.53. The molecule has 0 aliphatic carbocycles. The normalized spacial score (nSPS) is 11.9. The number of hydrogen-bond donors (Lipinski definition) is 1. The van der Waals surface area contributed by atoms with E-state index >= 15 is 0 Å².